The number of H-pyrrole nitrogens is 1. The van der Waals surface area contributed by atoms with Crippen LogP contribution in [-0.2, 0) is 6.61 Å². The minimum atomic E-state index is -0.408. The third-order valence-electron chi connectivity index (χ3n) is 3.28. The van der Waals surface area contributed by atoms with Gasteiger partial charge in [-0.25, -0.2) is 9.82 Å². The maximum Gasteiger partial charge on any atom is 0.271 e. The van der Waals surface area contributed by atoms with Crippen molar-refractivity contribution in [1.82, 2.24) is 15.2 Å². The Morgan fingerprint density at radius 1 is 1.27 bits per heavy atom. The minimum Gasteiger partial charge on any atom is -0.489 e. The highest BCUT2D eigenvalue weighted by molar-refractivity contribution is 6.31. The fourth-order valence-electron chi connectivity index (χ4n) is 2.01. The highest BCUT2D eigenvalue weighted by Crippen LogP contribution is 2.21. The van der Waals surface area contributed by atoms with E-state index in [1.54, 1.807) is 36.4 Å². The Labute approximate surface area is 152 Å². The second kappa shape index (κ2) is 8.21. The predicted octanol–water partition coefficient (Wildman–Crippen LogP) is 2.98. The van der Waals surface area contributed by atoms with Crippen molar-refractivity contribution >= 4 is 23.8 Å². The summed E-state index contributed by atoms with van der Waals surface area (Å²) in [6.45, 7) is 0.0283. The van der Waals surface area contributed by atoms with Crippen LogP contribution in [0.4, 0.5) is 10.3 Å². The van der Waals surface area contributed by atoms with Crippen LogP contribution in [0.5, 0.6) is 5.75 Å². The van der Waals surface area contributed by atoms with Crippen molar-refractivity contribution < 1.29 is 9.13 Å². The molecule has 3 aromatic rings. The van der Waals surface area contributed by atoms with Crippen molar-refractivity contribution in [1.29, 1.82) is 0 Å². The first kappa shape index (κ1) is 17.6. The number of ether oxygens (including phenoxy) is 1. The standard InChI is InChI=1S/C17H13ClFN5O2/c18-14-2-1-3-15(19)13(14)10-26-12-6-4-11(5-7-12)8-20-23-17-22-16(25)9-21-24-17/h1-9H,10H2,(H2,22,23,24,25)/b20-8+. The fraction of sp³-hybridized carbons (Fsp3) is 0.0588. The average Bonchev–Trinajstić information content (AvgIpc) is 2.63. The third-order valence-corrected chi connectivity index (χ3v) is 3.64. The van der Waals surface area contributed by atoms with Crippen LogP contribution in [0, 0.1) is 5.82 Å². The molecule has 132 valence electrons. The molecule has 1 aromatic heterocycles. The Morgan fingerprint density at radius 2 is 2.08 bits per heavy atom. The number of rotatable bonds is 6. The molecule has 0 saturated carbocycles. The van der Waals surface area contributed by atoms with Crippen molar-refractivity contribution in [2.45, 2.75) is 6.61 Å². The molecule has 26 heavy (non-hydrogen) atoms. The Balaban J connectivity index is 1.58. The van der Waals surface area contributed by atoms with Crippen LogP contribution in [0.15, 0.2) is 58.6 Å². The van der Waals surface area contributed by atoms with Gasteiger partial charge in [0.1, 0.15) is 24.4 Å². The van der Waals surface area contributed by atoms with Gasteiger partial charge >= 0.3 is 0 Å². The molecule has 0 fully saturated rings. The van der Waals surface area contributed by atoms with Gasteiger partial charge in [-0.1, -0.05) is 17.7 Å². The number of hydrogen-bond donors (Lipinski definition) is 2. The molecule has 2 N–H and O–H groups in total. The molecule has 2 aromatic carbocycles. The van der Waals surface area contributed by atoms with Gasteiger partial charge in [0.25, 0.3) is 5.56 Å². The number of aromatic amines is 1. The smallest absolute Gasteiger partial charge is 0.271 e. The van der Waals surface area contributed by atoms with Crippen molar-refractivity contribution in [2.24, 2.45) is 5.10 Å². The van der Waals surface area contributed by atoms with E-state index in [1.807, 2.05) is 0 Å². The number of nitrogens with one attached hydrogen (secondary N) is 2. The molecule has 0 aliphatic carbocycles. The van der Waals surface area contributed by atoms with Crippen LogP contribution in [0.25, 0.3) is 0 Å². The van der Waals surface area contributed by atoms with E-state index in [4.69, 9.17) is 16.3 Å². The zero-order valence-electron chi connectivity index (χ0n) is 13.3. The second-order valence-electron chi connectivity index (χ2n) is 5.11. The summed E-state index contributed by atoms with van der Waals surface area (Å²) in [5, 5.41) is 11.4. The lowest BCUT2D eigenvalue weighted by molar-refractivity contribution is 0.300. The molecule has 0 bridgehead atoms. The van der Waals surface area contributed by atoms with Crippen molar-refractivity contribution in [3.8, 4) is 5.75 Å². The van der Waals surface area contributed by atoms with E-state index in [0.29, 0.717) is 16.3 Å². The zero-order valence-corrected chi connectivity index (χ0v) is 14.1. The maximum absolute atomic E-state index is 13.7. The molecule has 0 unspecified atom stereocenters. The second-order valence-corrected chi connectivity index (χ2v) is 5.52. The molecular weight excluding hydrogens is 361 g/mol. The molecular formula is C17H13ClFN5O2. The molecule has 3 rings (SSSR count). The van der Waals surface area contributed by atoms with E-state index in [2.05, 4.69) is 25.7 Å². The Bertz CT molecular complexity index is 955. The van der Waals surface area contributed by atoms with Crippen LogP contribution in [0.1, 0.15) is 11.1 Å². The van der Waals surface area contributed by atoms with Crippen LogP contribution >= 0.6 is 11.6 Å². The predicted molar refractivity (Wildman–Crippen MR) is 96.1 cm³/mol. The number of anilines is 1. The first-order chi connectivity index (χ1) is 12.6. The van der Waals surface area contributed by atoms with Gasteiger partial charge < -0.3 is 4.74 Å². The molecule has 0 radical (unpaired) electrons. The van der Waals surface area contributed by atoms with Crippen molar-refractivity contribution in [3.63, 3.8) is 0 Å². The van der Waals surface area contributed by atoms with Crippen molar-refractivity contribution in [2.75, 3.05) is 5.43 Å². The van der Waals surface area contributed by atoms with Gasteiger partial charge in [-0.2, -0.15) is 5.10 Å². The highest BCUT2D eigenvalue weighted by Gasteiger charge is 2.07. The maximum atomic E-state index is 13.7. The third kappa shape index (κ3) is 4.64. The molecule has 1 heterocycles. The molecule has 0 spiro atoms. The minimum absolute atomic E-state index is 0.0283. The van der Waals surface area contributed by atoms with E-state index in [9.17, 15) is 9.18 Å². The van der Waals surface area contributed by atoms with Crippen LogP contribution in [-0.4, -0.2) is 21.4 Å². The first-order valence-electron chi connectivity index (χ1n) is 7.48. The van der Waals surface area contributed by atoms with Crippen molar-refractivity contribution in [3.05, 3.63) is 81.0 Å². The van der Waals surface area contributed by atoms with Crippen LogP contribution < -0.4 is 15.7 Å². The van der Waals surface area contributed by atoms with Gasteiger partial charge in [0.05, 0.1) is 11.2 Å². The van der Waals surface area contributed by atoms with Crippen LogP contribution in [0.3, 0.4) is 0 Å². The fourth-order valence-corrected chi connectivity index (χ4v) is 2.22. The van der Waals surface area contributed by atoms with Gasteiger partial charge in [-0.15, -0.1) is 10.2 Å². The SMILES string of the molecule is O=c1cnnc(N/N=C/c2ccc(OCc3c(F)cccc3Cl)cc2)[nH]1. The topological polar surface area (TPSA) is 92.3 Å². The summed E-state index contributed by atoms with van der Waals surface area (Å²) in [6.07, 6.45) is 2.59. The Morgan fingerprint density at radius 3 is 2.81 bits per heavy atom. The highest BCUT2D eigenvalue weighted by atomic mass is 35.5. The van der Waals surface area contributed by atoms with Gasteiger partial charge in [0.2, 0.25) is 5.95 Å². The zero-order chi connectivity index (χ0) is 18.4. The molecule has 7 nitrogen and oxygen atoms in total. The number of hydrogen-bond acceptors (Lipinski definition) is 6. The summed E-state index contributed by atoms with van der Waals surface area (Å²) >= 11 is 5.96. The van der Waals surface area contributed by atoms with E-state index < -0.39 is 5.82 Å². The average molecular weight is 374 g/mol. The number of aromatic nitrogens is 3. The molecule has 0 saturated heterocycles. The molecule has 0 aliphatic heterocycles. The van der Waals surface area contributed by atoms with Gasteiger partial charge in [0, 0.05) is 5.56 Å². The molecule has 0 atom stereocenters. The van der Waals surface area contributed by atoms with Gasteiger partial charge in [0.15, 0.2) is 0 Å². The largest absolute Gasteiger partial charge is 0.489 e. The summed E-state index contributed by atoms with van der Waals surface area (Å²) in [5.74, 6) is 0.289. The summed E-state index contributed by atoms with van der Waals surface area (Å²) < 4.78 is 19.3. The number of nitrogens with zero attached hydrogens (tertiary/aromatic N) is 3. The summed E-state index contributed by atoms with van der Waals surface area (Å²) in [4.78, 5) is 13.5. The number of hydrazone groups is 1. The lowest BCUT2D eigenvalue weighted by atomic mass is 10.2. The molecule has 9 heteroatoms. The van der Waals surface area contributed by atoms with Crippen LogP contribution in [0.2, 0.25) is 5.02 Å². The Kier molecular flexibility index (Phi) is 5.55. The number of benzene rings is 2. The van der Waals surface area contributed by atoms with E-state index in [0.717, 1.165) is 11.8 Å². The molecule has 0 amide bonds. The lowest BCUT2D eigenvalue weighted by Gasteiger charge is -2.08. The normalized spacial score (nSPS) is 10.8. The first-order valence-corrected chi connectivity index (χ1v) is 7.86. The summed E-state index contributed by atoms with van der Waals surface area (Å²) in [5.41, 5.74) is 3.27. The Hall–Kier alpha value is -3.26. The molecule has 0 aliphatic rings. The quantitative estimate of drug-likeness (QED) is 0.512. The van der Waals surface area contributed by atoms with Gasteiger partial charge in [-0.3, -0.25) is 9.78 Å². The van der Waals surface area contributed by atoms with Gasteiger partial charge in [-0.05, 0) is 42.0 Å². The summed E-state index contributed by atoms with van der Waals surface area (Å²) in [7, 11) is 0. The van der Waals surface area contributed by atoms with E-state index >= 15 is 0 Å². The lowest BCUT2D eigenvalue weighted by Crippen LogP contribution is -2.10. The van der Waals surface area contributed by atoms with E-state index in [-0.39, 0.29) is 18.1 Å². The van der Waals surface area contributed by atoms with E-state index in [1.165, 1.54) is 12.3 Å². The number of halogens is 2. The monoisotopic (exact) mass is 373 g/mol. The summed E-state index contributed by atoms with van der Waals surface area (Å²) in [6, 6.07) is 11.5.